The molecule has 0 aliphatic heterocycles. The zero-order valence-electron chi connectivity index (χ0n) is 17.7. The fourth-order valence-corrected chi connectivity index (χ4v) is 2.76. The van der Waals surface area contributed by atoms with Gasteiger partial charge in [-0.15, -0.1) is 0 Å². The van der Waals surface area contributed by atoms with Gasteiger partial charge in [-0.1, -0.05) is 18.2 Å². The Kier molecular flexibility index (Phi) is 7.82. The van der Waals surface area contributed by atoms with Gasteiger partial charge in [0.05, 0.1) is 5.52 Å². The molecule has 1 unspecified atom stereocenters. The van der Waals surface area contributed by atoms with Crippen LogP contribution in [0.3, 0.4) is 0 Å². The maximum absolute atomic E-state index is 12.5. The lowest BCUT2D eigenvalue weighted by Crippen LogP contribution is -2.32. The summed E-state index contributed by atoms with van der Waals surface area (Å²) in [5.74, 6) is -2.96. The number of halogens is 3. The number of alkyl halides is 3. The van der Waals surface area contributed by atoms with E-state index in [1.807, 2.05) is 74.6 Å². The molecule has 172 valence electrons. The highest BCUT2D eigenvalue weighted by molar-refractivity contribution is 5.95. The van der Waals surface area contributed by atoms with E-state index < -0.39 is 12.1 Å². The van der Waals surface area contributed by atoms with Crippen LogP contribution in [0, 0.1) is 6.92 Å². The average Bonchev–Trinajstić information content (AvgIpc) is 3.08. The van der Waals surface area contributed by atoms with E-state index in [2.05, 4.69) is 10.4 Å². The Morgan fingerprint density at radius 3 is 2.28 bits per heavy atom. The maximum atomic E-state index is 12.5. The summed E-state index contributed by atoms with van der Waals surface area (Å²) in [7, 11) is 3.98. The van der Waals surface area contributed by atoms with Crippen molar-refractivity contribution >= 4 is 23.1 Å². The van der Waals surface area contributed by atoms with E-state index >= 15 is 0 Å². The predicted molar refractivity (Wildman–Crippen MR) is 114 cm³/mol. The van der Waals surface area contributed by atoms with E-state index in [4.69, 9.17) is 15.6 Å². The first kappa shape index (κ1) is 24.7. The van der Waals surface area contributed by atoms with Gasteiger partial charge in [0.1, 0.15) is 0 Å². The average molecular weight is 451 g/mol. The summed E-state index contributed by atoms with van der Waals surface area (Å²) in [4.78, 5) is 23.4. The minimum Gasteiger partial charge on any atom is -0.475 e. The van der Waals surface area contributed by atoms with Crippen molar-refractivity contribution < 1.29 is 27.9 Å². The molecule has 32 heavy (non-hydrogen) atoms. The van der Waals surface area contributed by atoms with Gasteiger partial charge < -0.3 is 21.1 Å². The number of benzene rings is 1. The number of hydrogen-bond acceptors (Lipinski definition) is 5. The molecule has 3 rings (SSSR count). The first-order valence-electron chi connectivity index (χ1n) is 9.47. The zero-order valence-corrected chi connectivity index (χ0v) is 17.7. The summed E-state index contributed by atoms with van der Waals surface area (Å²) >= 11 is 0. The lowest BCUT2D eigenvalue weighted by Gasteiger charge is -2.16. The molecule has 11 heteroatoms. The number of hydrogen-bond donors (Lipinski definition) is 3. The van der Waals surface area contributed by atoms with Gasteiger partial charge in [-0.2, -0.15) is 18.3 Å². The molecule has 1 amide bonds. The van der Waals surface area contributed by atoms with Crippen LogP contribution in [0.2, 0.25) is 0 Å². The molecule has 0 saturated heterocycles. The molecule has 2 aromatic heterocycles. The van der Waals surface area contributed by atoms with Crippen LogP contribution in [0.15, 0.2) is 48.7 Å². The number of nitrogens with two attached hydrogens (primary N) is 1. The second kappa shape index (κ2) is 10.1. The van der Waals surface area contributed by atoms with Crippen LogP contribution in [0.5, 0.6) is 0 Å². The summed E-state index contributed by atoms with van der Waals surface area (Å²) in [6.07, 6.45) is -3.25. The number of aliphatic carboxylic acids is 1. The number of rotatable bonds is 5. The van der Waals surface area contributed by atoms with Gasteiger partial charge in [-0.25, -0.2) is 9.31 Å². The first-order valence-corrected chi connectivity index (χ1v) is 9.47. The van der Waals surface area contributed by atoms with Crippen LogP contribution in [-0.2, 0) is 4.79 Å². The molecular weight excluding hydrogens is 427 g/mol. The monoisotopic (exact) mass is 451 g/mol. The van der Waals surface area contributed by atoms with E-state index in [-0.39, 0.29) is 11.9 Å². The van der Waals surface area contributed by atoms with Gasteiger partial charge in [0.15, 0.2) is 5.69 Å². The fourth-order valence-electron chi connectivity index (χ4n) is 2.76. The first-order chi connectivity index (χ1) is 14.9. The number of nitrogens with zero attached hydrogens (tertiary/aromatic N) is 3. The molecule has 1 aromatic carbocycles. The highest BCUT2D eigenvalue weighted by atomic mass is 19.4. The van der Waals surface area contributed by atoms with Crippen LogP contribution in [-0.4, -0.2) is 53.4 Å². The number of carbonyl (C=O) groups is 2. The number of nitrogens with one attached hydrogen (secondary N) is 1. The Morgan fingerprint density at radius 2 is 1.78 bits per heavy atom. The largest absolute Gasteiger partial charge is 0.490 e. The molecule has 8 nitrogen and oxygen atoms in total. The number of fused-ring (bicyclic) bond motifs is 1. The molecule has 0 saturated carbocycles. The molecule has 0 fully saturated rings. The number of amides is 1. The van der Waals surface area contributed by atoms with E-state index in [0.29, 0.717) is 12.2 Å². The van der Waals surface area contributed by atoms with Crippen LogP contribution < -0.4 is 16.0 Å². The van der Waals surface area contributed by atoms with Gasteiger partial charge >= 0.3 is 12.1 Å². The van der Waals surface area contributed by atoms with Crippen LogP contribution >= 0.6 is 0 Å². The molecule has 3 aromatic rings. The highest BCUT2D eigenvalue weighted by Gasteiger charge is 2.38. The van der Waals surface area contributed by atoms with Crippen molar-refractivity contribution in [2.24, 2.45) is 5.73 Å². The van der Waals surface area contributed by atoms with Gasteiger partial charge in [0.25, 0.3) is 5.91 Å². The molecule has 2 heterocycles. The second-order valence-corrected chi connectivity index (χ2v) is 7.11. The molecule has 1 atom stereocenters. The number of carbonyl (C=O) groups excluding carboxylic acids is 1. The molecule has 0 aliphatic carbocycles. The Hall–Kier alpha value is -3.60. The summed E-state index contributed by atoms with van der Waals surface area (Å²) < 4.78 is 33.4. The van der Waals surface area contributed by atoms with Gasteiger partial charge in [0, 0.05) is 44.1 Å². The third kappa shape index (κ3) is 6.20. The van der Waals surface area contributed by atoms with Crippen LogP contribution in [0.4, 0.5) is 18.9 Å². The SMILES string of the molecule is Cc1c(C(=O)NCC(N)c2ccc(N(C)C)cc2)nn2ccccc12.O=C(O)C(F)(F)F. The maximum Gasteiger partial charge on any atom is 0.490 e. The number of carboxylic acid groups (broad SMARTS) is 1. The van der Waals surface area contributed by atoms with E-state index in [1.165, 1.54) is 0 Å². The molecule has 0 radical (unpaired) electrons. The van der Waals surface area contributed by atoms with Crippen molar-refractivity contribution in [1.82, 2.24) is 14.9 Å². The predicted octanol–water partition coefficient (Wildman–Crippen LogP) is 2.77. The third-order valence-electron chi connectivity index (χ3n) is 4.56. The zero-order chi connectivity index (χ0) is 24.1. The Balaban J connectivity index is 0.000000451. The van der Waals surface area contributed by atoms with Crippen molar-refractivity contribution in [3.63, 3.8) is 0 Å². The number of carboxylic acids is 1. The number of aryl methyl sites for hydroxylation is 1. The standard InChI is InChI=1S/C19H23N5O.C2HF3O2/c1-13-17-6-4-5-11-24(17)22-18(13)19(25)21-12-16(20)14-7-9-15(10-8-14)23(2)3;3-2(4,5)1(6)7/h4-11,16H,12,20H2,1-3H3,(H,21,25);(H,6,7). The molecule has 4 N–H and O–H groups in total. The Labute approximate surface area is 182 Å². The van der Waals surface area contributed by atoms with Crippen molar-refractivity contribution in [3.05, 3.63) is 65.5 Å². The Morgan fingerprint density at radius 1 is 1.19 bits per heavy atom. The lowest BCUT2D eigenvalue weighted by molar-refractivity contribution is -0.192. The molecule has 0 bridgehead atoms. The van der Waals surface area contributed by atoms with Gasteiger partial charge in [-0.3, -0.25) is 4.79 Å². The third-order valence-corrected chi connectivity index (χ3v) is 4.56. The second-order valence-electron chi connectivity index (χ2n) is 7.11. The fraction of sp³-hybridized carbons (Fsp3) is 0.286. The number of aromatic nitrogens is 2. The van der Waals surface area contributed by atoms with E-state index in [9.17, 15) is 18.0 Å². The van der Waals surface area contributed by atoms with Crippen LogP contribution in [0.25, 0.3) is 5.52 Å². The number of pyridine rings is 1. The van der Waals surface area contributed by atoms with Crippen molar-refractivity contribution in [3.8, 4) is 0 Å². The summed E-state index contributed by atoms with van der Waals surface area (Å²) in [5, 5.41) is 14.4. The number of anilines is 1. The van der Waals surface area contributed by atoms with Crippen molar-refractivity contribution in [2.45, 2.75) is 19.1 Å². The summed E-state index contributed by atoms with van der Waals surface area (Å²) in [5.41, 5.74) is 10.5. The normalized spacial score (nSPS) is 12.0. The topological polar surface area (TPSA) is 113 Å². The molecule has 0 aliphatic rings. The Bertz CT molecular complexity index is 1080. The molecule has 0 spiro atoms. The van der Waals surface area contributed by atoms with Crippen molar-refractivity contribution in [1.29, 1.82) is 0 Å². The van der Waals surface area contributed by atoms with E-state index in [1.54, 1.807) is 4.52 Å². The van der Waals surface area contributed by atoms with Gasteiger partial charge in [-0.05, 0) is 36.8 Å². The van der Waals surface area contributed by atoms with Crippen LogP contribution in [0.1, 0.15) is 27.7 Å². The smallest absolute Gasteiger partial charge is 0.475 e. The molecular formula is C21H24F3N5O3. The minimum atomic E-state index is -5.08. The van der Waals surface area contributed by atoms with Gasteiger partial charge in [0.2, 0.25) is 0 Å². The summed E-state index contributed by atoms with van der Waals surface area (Å²) in [6, 6.07) is 13.5. The minimum absolute atomic E-state index is 0.207. The summed E-state index contributed by atoms with van der Waals surface area (Å²) in [6.45, 7) is 2.25. The van der Waals surface area contributed by atoms with Crippen molar-refractivity contribution in [2.75, 3.05) is 25.5 Å². The van der Waals surface area contributed by atoms with E-state index in [0.717, 1.165) is 22.3 Å². The quantitative estimate of drug-likeness (QED) is 0.550. The highest BCUT2D eigenvalue weighted by Crippen LogP contribution is 2.17. The lowest BCUT2D eigenvalue weighted by atomic mass is 10.1.